The number of amides is 1. The standard InChI is InChI=1S/C14H28N2O/c1-3-4-5-7-11(2)16-14(17)13-9-6-8-12(13)10-15/h11-13H,3-10,15H2,1-2H3,(H,16,17). The molecule has 1 aliphatic carbocycles. The van der Waals surface area contributed by atoms with Gasteiger partial charge in [-0.05, 0) is 38.6 Å². The lowest BCUT2D eigenvalue weighted by molar-refractivity contribution is -0.126. The van der Waals surface area contributed by atoms with Gasteiger partial charge in [0, 0.05) is 12.0 Å². The van der Waals surface area contributed by atoms with Gasteiger partial charge in [0.25, 0.3) is 0 Å². The maximum Gasteiger partial charge on any atom is 0.223 e. The van der Waals surface area contributed by atoms with Crippen molar-refractivity contribution in [2.24, 2.45) is 17.6 Å². The van der Waals surface area contributed by atoms with E-state index in [0.29, 0.717) is 18.5 Å². The Morgan fingerprint density at radius 3 is 2.82 bits per heavy atom. The van der Waals surface area contributed by atoms with E-state index in [1.54, 1.807) is 0 Å². The Hall–Kier alpha value is -0.570. The van der Waals surface area contributed by atoms with Gasteiger partial charge in [0.1, 0.15) is 0 Å². The number of nitrogens with one attached hydrogen (secondary N) is 1. The Morgan fingerprint density at radius 2 is 2.18 bits per heavy atom. The first-order chi connectivity index (χ1) is 8.19. The summed E-state index contributed by atoms with van der Waals surface area (Å²) in [4.78, 5) is 12.1. The Bertz CT molecular complexity index is 230. The molecule has 3 atom stereocenters. The van der Waals surface area contributed by atoms with E-state index in [4.69, 9.17) is 5.73 Å². The van der Waals surface area contributed by atoms with E-state index in [1.165, 1.54) is 19.3 Å². The Morgan fingerprint density at radius 1 is 1.41 bits per heavy atom. The van der Waals surface area contributed by atoms with Crippen molar-refractivity contribution in [3.63, 3.8) is 0 Å². The van der Waals surface area contributed by atoms with Gasteiger partial charge in [0.05, 0.1) is 0 Å². The lowest BCUT2D eigenvalue weighted by atomic mass is 9.95. The van der Waals surface area contributed by atoms with Crippen LogP contribution in [0.3, 0.4) is 0 Å². The van der Waals surface area contributed by atoms with E-state index in [-0.39, 0.29) is 11.8 Å². The van der Waals surface area contributed by atoms with Crippen molar-refractivity contribution in [3.05, 3.63) is 0 Å². The fourth-order valence-electron chi connectivity index (χ4n) is 2.79. The minimum Gasteiger partial charge on any atom is -0.353 e. The fourth-order valence-corrected chi connectivity index (χ4v) is 2.79. The van der Waals surface area contributed by atoms with Crippen LogP contribution in [0.5, 0.6) is 0 Å². The zero-order valence-electron chi connectivity index (χ0n) is 11.4. The molecule has 0 aromatic carbocycles. The van der Waals surface area contributed by atoms with Crippen LogP contribution in [0.1, 0.15) is 58.8 Å². The molecule has 1 aliphatic rings. The van der Waals surface area contributed by atoms with Crippen molar-refractivity contribution < 1.29 is 4.79 Å². The van der Waals surface area contributed by atoms with Gasteiger partial charge in [-0.3, -0.25) is 4.79 Å². The third-order valence-electron chi connectivity index (χ3n) is 3.93. The van der Waals surface area contributed by atoms with Crippen LogP contribution >= 0.6 is 0 Å². The van der Waals surface area contributed by atoms with Crippen LogP contribution in [-0.4, -0.2) is 18.5 Å². The van der Waals surface area contributed by atoms with E-state index >= 15 is 0 Å². The first-order valence-corrected chi connectivity index (χ1v) is 7.19. The summed E-state index contributed by atoms with van der Waals surface area (Å²) in [6.07, 6.45) is 8.11. The summed E-state index contributed by atoms with van der Waals surface area (Å²) in [5.41, 5.74) is 5.71. The molecule has 1 fully saturated rings. The summed E-state index contributed by atoms with van der Waals surface area (Å²) in [6, 6.07) is 0.313. The molecule has 3 N–H and O–H groups in total. The van der Waals surface area contributed by atoms with E-state index in [0.717, 1.165) is 25.7 Å². The molecule has 0 aliphatic heterocycles. The highest BCUT2D eigenvalue weighted by Gasteiger charge is 2.32. The molecule has 1 rings (SSSR count). The Balaban J connectivity index is 2.27. The third-order valence-corrected chi connectivity index (χ3v) is 3.93. The quantitative estimate of drug-likeness (QED) is 0.672. The SMILES string of the molecule is CCCCCC(C)NC(=O)C1CCCC1CN. The predicted molar refractivity (Wildman–Crippen MR) is 71.6 cm³/mol. The first-order valence-electron chi connectivity index (χ1n) is 7.19. The van der Waals surface area contributed by atoms with Crippen molar-refractivity contribution in [2.75, 3.05) is 6.54 Å². The van der Waals surface area contributed by atoms with E-state index in [1.807, 2.05) is 0 Å². The van der Waals surface area contributed by atoms with Gasteiger partial charge in [0.15, 0.2) is 0 Å². The number of carbonyl (C=O) groups excluding carboxylic acids is 1. The molecule has 0 heterocycles. The van der Waals surface area contributed by atoms with Crippen LogP contribution in [0.2, 0.25) is 0 Å². The number of unbranched alkanes of at least 4 members (excludes halogenated alkanes) is 2. The number of carbonyl (C=O) groups is 1. The van der Waals surface area contributed by atoms with E-state index < -0.39 is 0 Å². The molecule has 0 radical (unpaired) electrons. The Labute approximate surface area is 106 Å². The van der Waals surface area contributed by atoms with Gasteiger partial charge >= 0.3 is 0 Å². The summed E-state index contributed by atoms with van der Waals surface area (Å²) in [5, 5.41) is 3.15. The second kappa shape index (κ2) is 7.70. The molecule has 0 aromatic rings. The monoisotopic (exact) mass is 240 g/mol. The minimum atomic E-state index is 0.175. The van der Waals surface area contributed by atoms with Gasteiger partial charge in [-0.1, -0.05) is 32.6 Å². The number of nitrogens with two attached hydrogens (primary N) is 1. The molecule has 3 heteroatoms. The second-order valence-electron chi connectivity index (χ2n) is 5.44. The van der Waals surface area contributed by atoms with Crippen LogP contribution in [0, 0.1) is 11.8 Å². The average molecular weight is 240 g/mol. The summed E-state index contributed by atoms with van der Waals surface area (Å²) >= 11 is 0. The van der Waals surface area contributed by atoms with Crippen molar-refractivity contribution >= 4 is 5.91 Å². The van der Waals surface area contributed by atoms with Gasteiger partial charge in [-0.25, -0.2) is 0 Å². The molecule has 0 aromatic heterocycles. The van der Waals surface area contributed by atoms with Crippen LogP contribution in [0.15, 0.2) is 0 Å². The molecule has 0 saturated heterocycles. The molecule has 0 spiro atoms. The topological polar surface area (TPSA) is 55.1 Å². The molecular formula is C14H28N2O. The normalized spacial score (nSPS) is 25.8. The fraction of sp³-hybridized carbons (Fsp3) is 0.929. The maximum absolute atomic E-state index is 12.1. The maximum atomic E-state index is 12.1. The third kappa shape index (κ3) is 4.66. The smallest absolute Gasteiger partial charge is 0.223 e. The highest BCUT2D eigenvalue weighted by atomic mass is 16.1. The van der Waals surface area contributed by atoms with Gasteiger partial charge < -0.3 is 11.1 Å². The average Bonchev–Trinajstić information content (AvgIpc) is 2.77. The van der Waals surface area contributed by atoms with Crippen LogP contribution in [-0.2, 0) is 4.79 Å². The Kier molecular flexibility index (Phi) is 6.56. The molecule has 17 heavy (non-hydrogen) atoms. The van der Waals surface area contributed by atoms with Crippen molar-refractivity contribution in [3.8, 4) is 0 Å². The van der Waals surface area contributed by atoms with Gasteiger partial charge in [-0.2, -0.15) is 0 Å². The molecule has 100 valence electrons. The predicted octanol–water partition coefficient (Wildman–Crippen LogP) is 2.45. The highest BCUT2D eigenvalue weighted by molar-refractivity contribution is 5.79. The molecule has 0 bridgehead atoms. The van der Waals surface area contributed by atoms with Gasteiger partial charge in [0.2, 0.25) is 5.91 Å². The molecule has 3 nitrogen and oxygen atoms in total. The molecule has 1 saturated carbocycles. The minimum absolute atomic E-state index is 0.175. The number of hydrogen-bond donors (Lipinski definition) is 2. The first kappa shape index (κ1) is 14.5. The molecule has 3 unspecified atom stereocenters. The zero-order valence-corrected chi connectivity index (χ0v) is 11.4. The van der Waals surface area contributed by atoms with Crippen LogP contribution in [0.4, 0.5) is 0 Å². The lowest BCUT2D eigenvalue weighted by Gasteiger charge is -2.20. The molecule has 1 amide bonds. The van der Waals surface area contributed by atoms with Crippen LogP contribution < -0.4 is 11.1 Å². The van der Waals surface area contributed by atoms with Crippen molar-refractivity contribution in [2.45, 2.75) is 64.8 Å². The number of rotatable bonds is 7. The highest BCUT2D eigenvalue weighted by Crippen LogP contribution is 2.31. The largest absolute Gasteiger partial charge is 0.353 e. The second-order valence-corrected chi connectivity index (χ2v) is 5.44. The number of hydrogen-bond acceptors (Lipinski definition) is 2. The summed E-state index contributed by atoms with van der Waals surface area (Å²) in [5.74, 6) is 0.827. The van der Waals surface area contributed by atoms with Crippen LogP contribution in [0.25, 0.3) is 0 Å². The molecular weight excluding hydrogens is 212 g/mol. The van der Waals surface area contributed by atoms with E-state index in [9.17, 15) is 4.79 Å². The van der Waals surface area contributed by atoms with E-state index in [2.05, 4.69) is 19.2 Å². The zero-order chi connectivity index (χ0) is 12.7. The summed E-state index contributed by atoms with van der Waals surface area (Å²) in [6.45, 7) is 4.97. The van der Waals surface area contributed by atoms with Crippen molar-refractivity contribution in [1.82, 2.24) is 5.32 Å². The summed E-state index contributed by atoms with van der Waals surface area (Å²) < 4.78 is 0. The van der Waals surface area contributed by atoms with Crippen molar-refractivity contribution in [1.29, 1.82) is 0 Å². The lowest BCUT2D eigenvalue weighted by Crippen LogP contribution is -2.39. The van der Waals surface area contributed by atoms with Gasteiger partial charge in [-0.15, -0.1) is 0 Å². The summed E-state index contributed by atoms with van der Waals surface area (Å²) in [7, 11) is 0.